The van der Waals surface area contributed by atoms with Gasteiger partial charge in [-0.05, 0) is 36.2 Å². The van der Waals surface area contributed by atoms with Crippen LogP contribution in [-0.2, 0) is 9.84 Å². The Morgan fingerprint density at radius 1 is 1.06 bits per heavy atom. The molecule has 0 N–H and O–H groups in total. The number of amides is 1. The summed E-state index contributed by atoms with van der Waals surface area (Å²) in [5.41, 5.74) is 1.95. The van der Waals surface area contributed by atoms with Crippen LogP contribution in [0, 0.1) is 5.92 Å². The van der Waals surface area contributed by atoms with Crippen molar-refractivity contribution in [2.24, 2.45) is 5.92 Å². The van der Waals surface area contributed by atoms with Crippen LogP contribution in [0.1, 0.15) is 24.2 Å². The molecule has 1 aliphatic rings. The quantitative estimate of drug-likeness (QED) is 0.549. The Kier molecular flexibility index (Phi) is 6.51. The van der Waals surface area contributed by atoms with E-state index in [2.05, 4.69) is 9.88 Å². The maximum Gasteiger partial charge on any atom is 0.257 e. The highest BCUT2D eigenvalue weighted by atomic mass is 32.2. The van der Waals surface area contributed by atoms with E-state index < -0.39 is 9.84 Å². The van der Waals surface area contributed by atoms with Gasteiger partial charge in [0, 0.05) is 32.4 Å². The smallest absolute Gasteiger partial charge is 0.257 e. The number of ether oxygens (including phenoxy) is 1. The fraction of sp³-hybridized carbons (Fsp3) is 0.375. The maximum absolute atomic E-state index is 13.4. The molecule has 1 aliphatic heterocycles. The van der Waals surface area contributed by atoms with Gasteiger partial charge in [-0.3, -0.25) is 9.78 Å². The van der Waals surface area contributed by atoms with E-state index in [0.717, 1.165) is 23.1 Å². The first-order valence-corrected chi connectivity index (χ1v) is 12.8. The first kappa shape index (κ1) is 23.0. The molecule has 0 radical (unpaired) electrons. The Balaban J connectivity index is 1.52. The molecule has 2 heterocycles. The van der Waals surface area contributed by atoms with Gasteiger partial charge in [-0.25, -0.2) is 13.4 Å². The summed E-state index contributed by atoms with van der Waals surface area (Å²) in [6.45, 7) is 6.65. The second-order valence-electron chi connectivity index (χ2n) is 8.63. The second-order valence-corrected chi connectivity index (χ2v) is 10.6. The van der Waals surface area contributed by atoms with Crippen molar-refractivity contribution in [2.75, 3.05) is 43.9 Å². The first-order valence-electron chi connectivity index (χ1n) is 11.0. The third-order valence-electron chi connectivity index (χ3n) is 5.51. The number of benzene rings is 2. The molecule has 0 spiro atoms. The van der Waals surface area contributed by atoms with Crippen LogP contribution in [0.25, 0.3) is 11.0 Å². The van der Waals surface area contributed by atoms with Gasteiger partial charge < -0.3 is 14.5 Å². The highest BCUT2D eigenvalue weighted by molar-refractivity contribution is 7.90. The molecule has 1 fully saturated rings. The lowest BCUT2D eigenvalue weighted by molar-refractivity contribution is 0.0741. The molecule has 2 aromatic carbocycles. The van der Waals surface area contributed by atoms with Gasteiger partial charge in [0.15, 0.2) is 9.84 Å². The topological polar surface area (TPSA) is 92.7 Å². The van der Waals surface area contributed by atoms with E-state index in [4.69, 9.17) is 9.72 Å². The zero-order valence-electron chi connectivity index (χ0n) is 19.1. The van der Waals surface area contributed by atoms with Crippen LogP contribution in [0.4, 0.5) is 5.82 Å². The molecule has 1 saturated heterocycles. The Hall–Kier alpha value is -3.20. The van der Waals surface area contributed by atoms with Gasteiger partial charge in [-0.15, -0.1) is 0 Å². The molecule has 0 unspecified atom stereocenters. The maximum atomic E-state index is 13.4. The number of anilines is 1. The van der Waals surface area contributed by atoms with Gasteiger partial charge in [-0.1, -0.05) is 26.0 Å². The average molecular weight is 469 g/mol. The van der Waals surface area contributed by atoms with E-state index >= 15 is 0 Å². The monoisotopic (exact) mass is 468 g/mol. The van der Waals surface area contributed by atoms with Gasteiger partial charge in [0.1, 0.15) is 11.6 Å². The number of piperazine rings is 1. The summed E-state index contributed by atoms with van der Waals surface area (Å²) in [5.74, 6) is 1.22. The van der Waals surface area contributed by atoms with E-state index in [0.29, 0.717) is 38.5 Å². The summed E-state index contributed by atoms with van der Waals surface area (Å²) in [7, 11) is -3.45. The Morgan fingerprint density at radius 2 is 1.76 bits per heavy atom. The predicted molar refractivity (Wildman–Crippen MR) is 128 cm³/mol. The van der Waals surface area contributed by atoms with Crippen molar-refractivity contribution in [3.05, 3.63) is 54.2 Å². The fourth-order valence-corrected chi connectivity index (χ4v) is 4.35. The van der Waals surface area contributed by atoms with Crippen LogP contribution in [0.5, 0.6) is 5.75 Å². The molecule has 1 aromatic heterocycles. The highest BCUT2D eigenvalue weighted by Gasteiger charge is 2.26. The van der Waals surface area contributed by atoms with Crippen LogP contribution in [0.3, 0.4) is 0 Å². The average Bonchev–Trinajstić information content (AvgIpc) is 2.81. The fourth-order valence-electron chi connectivity index (χ4n) is 3.70. The minimum Gasteiger partial charge on any atom is -0.492 e. The zero-order chi connectivity index (χ0) is 23.6. The van der Waals surface area contributed by atoms with Crippen LogP contribution in [-0.4, -0.2) is 68.2 Å². The summed E-state index contributed by atoms with van der Waals surface area (Å²) in [6.07, 6.45) is 2.89. The molecule has 8 nitrogen and oxygen atoms in total. The second kappa shape index (κ2) is 9.35. The molecule has 3 aromatic rings. The van der Waals surface area contributed by atoms with E-state index in [1.165, 1.54) is 12.1 Å². The molecule has 0 aliphatic carbocycles. The normalized spacial score (nSPS) is 14.7. The Bertz CT molecular complexity index is 1270. The van der Waals surface area contributed by atoms with Crippen LogP contribution < -0.4 is 9.64 Å². The van der Waals surface area contributed by atoms with Gasteiger partial charge in [-0.2, -0.15) is 0 Å². The summed E-state index contributed by atoms with van der Waals surface area (Å²) < 4.78 is 30.0. The third kappa shape index (κ3) is 5.24. The molecule has 174 valence electrons. The van der Waals surface area contributed by atoms with Crippen molar-refractivity contribution < 1.29 is 17.9 Å². The molecule has 4 rings (SSSR count). The Labute approximate surface area is 194 Å². The summed E-state index contributed by atoms with van der Waals surface area (Å²) >= 11 is 0. The summed E-state index contributed by atoms with van der Waals surface area (Å²) in [4.78, 5) is 26.5. The lowest BCUT2D eigenvalue weighted by Crippen LogP contribution is -2.49. The lowest BCUT2D eigenvalue weighted by atomic mass is 10.1. The number of carbonyl (C=O) groups is 1. The van der Waals surface area contributed by atoms with Crippen molar-refractivity contribution in [1.82, 2.24) is 14.9 Å². The Morgan fingerprint density at radius 3 is 2.42 bits per heavy atom. The number of rotatable bonds is 6. The first-order chi connectivity index (χ1) is 15.7. The van der Waals surface area contributed by atoms with E-state index in [1.807, 2.05) is 38.1 Å². The molecule has 0 bridgehead atoms. The molecular formula is C24H28N4O4S. The van der Waals surface area contributed by atoms with Crippen molar-refractivity contribution in [2.45, 2.75) is 18.7 Å². The van der Waals surface area contributed by atoms with E-state index in [1.54, 1.807) is 17.2 Å². The number of para-hydroxylation sites is 2. The van der Waals surface area contributed by atoms with Crippen molar-refractivity contribution in [3.8, 4) is 5.75 Å². The molecule has 33 heavy (non-hydrogen) atoms. The van der Waals surface area contributed by atoms with Crippen molar-refractivity contribution in [3.63, 3.8) is 0 Å². The molecule has 0 saturated carbocycles. The minimum atomic E-state index is -3.45. The van der Waals surface area contributed by atoms with Gasteiger partial charge in [0.2, 0.25) is 0 Å². The van der Waals surface area contributed by atoms with Gasteiger partial charge in [0.05, 0.1) is 34.3 Å². The van der Waals surface area contributed by atoms with E-state index in [-0.39, 0.29) is 22.3 Å². The minimum absolute atomic E-state index is 0.104. The number of nitrogens with zero attached hydrogens (tertiary/aromatic N) is 4. The number of hydrogen-bond acceptors (Lipinski definition) is 7. The van der Waals surface area contributed by atoms with Gasteiger partial charge >= 0.3 is 0 Å². The zero-order valence-corrected chi connectivity index (χ0v) is 19.9. The number of aromatic nitrogens is 2. The van der Waals surface area contributed by atoms with Crippen molar-refractivity contribution >= 4 is 32.6 Å². The summed E-state index contributed by atoms with van der Waals surface area (Å²) in [6, 6.07) is 12.2. The largest absolute Gasteiger partial charge is 0.492 e. The lowest BCUT2D eigenvalue weighted by Gasteiger charge is -2.35. The van der Waals surface area contributed by atoms with Crippen LogP contribution in [0.2, 0.25) is 0 Å². The highest BCUT2D eigenvalue weighted by Crippen LogP contribution is 2.26. The number of hydrogen-bond donors (Lipinski definition) is 0. The molecular weight excluding hydrogens is 440 g/mol. The molecule has 1 amide bonds. The summed E-state index contributed by atoms with van der Waals surface area (Å²) in [5, 5.41) is 0. The molecule has 9 heteroatoms. The van der Waals surface area contributed by atoms with Crippen LogP contribution in [0.15, 0.2) is 53.6 Å². The third-order valence-corrected chi connectivity index (χ3v) is 6.62. The standard InChI is InChI=1S/C24H28N4O4S/c1-17(2)16-32-22-9-8-18(33(3,30)31)14-19(22)24(29)28-12-10-27(11-13-28)23-15-25-20-6-4-5-7-21(20)26-23/h4-9,14-15,17H,10-13,16H2,1-3H3. The van der Waals surface area contributed by atoms with Crippen molar-refractivity contribution in [1.29, 1.82) is 0 Å². The SMILES string of the molecule is CC(C)COc1ccc(S(C)(=O)=O)cc1C(=O)N1CCN(c2cnc3ccccc3n2)CC1. The predicted octanol–water partition coefficient (Wildman–Crippen LogP) is 3.03. The van der Waals surface area contributed by atoms with E-state index in [9.17, 15) is 13.2 Å². The number of sulfone groups is 1. The number of carbonyl (C=O) groups excluding carboxylic acids is 1. The van der Waals surface area contributed by atoms with Crippen LogP contribution >= 0.6 is 0 Å². The van der Waals surface area contributed by atoms with Gasteiger partial charge in [0.25, 0.3) is 5.91 Å². The molecule has 0 atom stereocenters. The number of fused-ring (bicyclic) bond motifs is 1.